The van der Waals surface area contributed by atoms with Crippen molar-refractivity contribution < 1.29 is 13.0 Å². The molecular formula is C36H32Cl2P2Pt. The molecule has 6 aromatic carbocycles. The van der Waals surface area contributed by atoms with E-state index in [1.54, 1.807) is 0 Å². The predicted molar refractivity (Wildman–Crippen MR) is 185 cm³/mol. The molecule has 0 aromatic heterocycles. The normalized spacial score (nSPS) is 13.3. The first-order valence-electron chi connectivity index (χ1n) is 13.5. The Balaban J connectivity index is 1.86. The second kappa shape index (κ2) is 12.4. The summed E-state index contributed by atoms with van der Waals surface area (Å²) in [5.41, 5.74) is 0. The standard InChI is InChI=1S/2C18H15P.2ClH.Pt/c2*1-4-10-16(11-5-1)19(17-12-6-2-7-13-17)18-14-8-3-9-15-18;;;/h2*1-15H;2*1H;. The zero-order chi connectivity index (χ0) is 28.2. The molecule has 210 valence electrons. The Morgan fingerprint density at radius 2 is 0.415 bits per heavy atom. The van der Waals surface area contributed by atoms with Crippen LogP contribution in [-0.2, 0) is 13.0 Å². The van der Waals surface area contributed by atoms with Gasteiger partial charge in [-0.1, -0.05) is 0 Å². The third-order valence-electron chi connectivity index (χ3n) is 7.52. The van der Waals surface area contributed by atoms with Crippen molar-refractivity contribution in [1.82, 2.24) is 0 Å². The van der Waals surface area contributed by atoms with Gasteiger partial charge < -0.3 is 0 Å². The first kappa shape index (κ1) is 28.6. The van der Waals surface area contributed by atoms with Gasteiger partial charge in [0.25, 0.3) is 0 Å². The van der Waals surface area contributed by atoms with Gasteiger partial charge in [-0.15, -0.1) is 0 Å². The molecule has 0 saturated heterocycles. The molecule has 0 atom stereocenters. The van der Waals surface area contributed by atoms with Crippen LogP contribution in [0.15, 0.2) is 182 Å². The third-order valence-corrected chi connectivity index (χ3v) is 69.2. The SMILES string of the molecule is [Cl][Pt]([Cl])([PH](c1ccccc1)(c1ccccc1)c1ccccc1)[PH](c1ccccc1)(c1ccccc1)c1ccccc1. The molecule has 0 heterocycles. The summed E-state index contributed by atoms with van der Waals surface area (Å²) in [6.45, 7) is 0. The van der Waals surface area contributed by atoms with Gasteiger partial charge >= 0.3 is 256 Å². The molecule has 0 radical (unpaired) electrons. The van der Waals surface area contributed by atoms with Crippen LogP contribution in [0.2, 0.25) is 0 Å². The summed E-state index contributed by atoms with van der Waals surface area (Å²) in [4.78, 5) is 0. The van der Waals surface area contributed by atoms with Crippen molar-refractivity contribution in [2.24, 2.45) is 0 Å². The Labute approximate surface area is 254 Å². The maximum atomic E-state index is 8.66. The maximum absolute atomic E-state index is 8.66. The Morgan fingerprint density at radius 1 is 0.268 bits per heavy atom. The van der Waals surface area contributed by atoms with E-state index in [9.17, 15) is 0 Å². The van der Waals surface area contributed by atoms with Crippen LogP contribution in [0.4, 0.5) is 0 Å². The monoisotopic (exact) mass is 791 g/mol. The molecule has 0 aliphatic carbocycles. The number of benzene rings is 6. The van der Waals surface area contributed by atoms with Gasteiger partial charge in [0.2, 0.25) is 0 Å². The quantitative estimate of drug-likeness (QED) is 0.139. The predicted octanol–water partition coefficient (Wildman–Crippen LogP) is 7.73. The fraction of sp³-hybridized carbons (Fsp3) is 0. The number of hydrogen-bond donors (Lipinski definition) is 0. The summed E-state index contributed by atoms with van der Waals surface area (Å²) >= 11 is -4.16. The van der Waals surface area contributed by atoms with Crippen LogP contribution in [0.1, 0.15) is 0 Å². The molecule has 0 spiro atoms. The molecule has 0 fully saturated rings. The minimum absolute atomic E-state index is 1.26. The van der Waals surface area contributed by atoms with Crippen LogP contribution in [-0.4, -0.2) is 0 Å². The molecule has 6 aromatic rings. The summed E-state index contributed by atoms with van der Waals surface area (Å²) in [6.07, 6.45) is 0. The van der Waals surface area contributed by atoms with E-state index in [1.165, 1.54) is 31.8 Å². The molecule has 0 unspecified atom stereocenters. The van der Waals surface area contributed by atoms with Crippen LogP contribution in [0.3, 0.4) is 0 Å². The van der Waals surface area contributed by atoms with Gasteiger partial charge in [0.15, 0.2) is 0 Å². The Bertz CT molecular complexity index is 1360. The van der Waals surface area contributed by atoms with E-state index in [1.807, 2.05) is 0 Å². The van der Waals surface area contributed by atoms with E-state index in [2.05, 4.69) is 182 Å². The number of rotatable bonds is 8. The van der Waals surface area contributed by atoms with Crippen LogP contribution < -0.4 is 31.8 Å². The second-order valence-electron chi connectivity index (χ2n) is 9.78. The molecule has 0 nitrogen and oxygen atoms in total. The van der Waals surface area contributed by atoms with Crippen molar-refractivity contribution >= 4 is 61.4 Å². The van der Waals surface area contributed by atoms with E-state index in [0.717, 1.165) is 0 Å². The van der Waals surface area contributed by atoms with Crippen LogP contribution in [0.5, 0.6) is 0 Å². The van der Waals surface area contributed by atoms with Crippen molar-refractivity contribution in [3.05, 3.63) is 182 Å². The second-order valence-corrected chi connectivity index (χ2v) is 52.3. The Morgan fingerprint density at radius 3 is 0.561 bits per heavy atom. The average molecular weight is 793 g/mol. The van der Waals surface area contributed by atoms with E-state index >= 15 is 0 Å². The topological polar surface area (TPSA) is 0 Å². The first-order chi connectivity index (χ1) is 20.1. The van der Waals surface area contributed by atoms with Crippen molar-refractivity contribution in [2.45, 2.75) is 0 Å². The van der Waals surface area contributed by atoms with E-state index in [0.29, 0.717) is 0 Å². The molecule has 0 saturated carbocycles. The van der Waals surface area contributed by atoms with Crippen LogP contribution in [0.25, 0.3) is 0 Å². The molecule has 0 amide bonds. The summed E-state index contributed by atoms with van der Waals surface area (Å²) in [6, 6.07) is 65.5. The van der Waals surface area contributed by atoms with Gasteiger partial charge in [-0.05, 0) is 0 Å². The molecule has 41 heavy (non-hydrogen) atoms. The van der Waals surface area contributed by atoms with Gasteiger partial charge in [-0.2, -0.15) is 0 Å². The van der Waals surface area contributed by atoms with Gasteiger partial charge in [0.05, 0.1) is 0 Å². The Hall–Kier alpha value is -2.55. The van der Waals surface area contributed by atoms with Crippen molar-refractivity contribution in [1.29, 1.82) is 0 Å². The molecule has 5 heteroatoms. The van der Waals surface area contributed by atoms with Crippen molar-refractivity contribution in [3.63, 3.8) is 0 Å². The Kier molecular flexibility index (Phi) is 8.61. The van der Waals surface area contributed by atoms with E-state index < -0.39 is 23.7 Å². The van der Waals surface area contributed by atoms with Crippen molar-refractivity contribution in [2.75, 3.05) is 0 Å². The summed E-state index contributed by atoms with van der Waals surface area (Å²) in [5, 5.41) is 1.45. The van der Waals surface area contributed by atoms with E-state index in [4.69, 9.17) is 18.8 Å². The molecular weight excluding hydrogens is 760 g/mol. The number of halogens is 2. The number of hydrogen-bond acceptors (Lipinski definition) is 0. The molecule has 0 aliphatic heterocycles. The van der Waals surface area contributed by atoms with E-state index in [-0.39, 0.29) is 0 Å². The van der Waals surface area contributed by atoms with Gasteiger partial charge in [-0.25, -0.2) is 0 Å². The van der Waals surface area contributed by atoms with Crippen molar-refractivity contribution in [3.8, 4) is 0 Å². The minimum atomic E-state index is -4.16. The first-order valence-corrected chi connectivity index (χ1v) is 29.6. The summed E-state index contributed by atoms with van der Waals surface area (Å²) < 4.78 is 0. The molecule has 0 bridgehead atoms. The zero-order valence-electron chi connectivity index (χ0n) is 22.4. The van der Waals surface area contributed by atoms with Gasteiger partial charge in [0, 0.05) is 0 Å². The zero-order valence-corrected chi connectivity index (χ0v) is 28.2. The summed E-state index contributed by atoms with van der Waals surface area (Å²) in [7, 11) is 17.3. The van der Waals surface area contributed by atoms with Gasteiger partial charge in [-0.3, -0.25) is 0 Å². The molecule has 6 rings (SSSR count). The van der Waals surface area contributed by atoms with Crippen LogP contribution >= 0.6 is 29.5 Å². The average Bonchev–Trinajstić information content (AvgIpc) is 3.05. The fourth-order valence-corrected chi connectivity index (χ4v) is 81.3. The fourth-order valence-electron chi connectivity index (χ4n) is 5.81. The van der Waals surface area contributed by atoms with Crippen LogP contribution in [0, 0.1) is 0 Å². The molecule has 0 N–H and O–H groups in total. The molecule has 0 aliphatic rings. The van der Waals surface area contributed by atoms with Gasteiger partial charge in [0.1, 0.15) is 0 Å². The summed E-state index contributed by atoms with van der Waals surface area (Å²) in [5.74, 6) is 0. The third kappa shape index (κ3) is 4.76.